The van der Waals surface area contributed by atoms with Gasteiger partial charge in [-0.25, -0.2) is 5.43 Å². The van der Waals surface area contributed by atoms with Crippen molar-refractivity contribution in [2.75, 3.05) is 0 Å². The molecule has 0 saturated heterocycles. The van der Waals surface area contributed by atoms with E-state index in [9.17, 15) is 4.79 Å². The first-order valence-electron chi connectivity index (χ1n) is 6.38. The second-order valence-corrected chi connectivity index (χ2v) is 4.71. The van der Waals surface area contributed by atoms with Gasteiger partial charge in [-0.2, -0.15) is 5.10 Å². The number of hydrogen-bond donors (Lipinski definition) is 2. The maximum atomic E-state index is 12.0. The molecule has 0 bridgehead atoms. The van der Waals surface area contributed by atoms with Crippen molar-refractivity contribution in [3.8, 4) is 11.3 Å². The molecular weight excluding hydrogens is 250 g/mol. The first kappa shape index (κ1) is 11.0. The molecule has 0 radical (unpaired) electrons. The third-order valence-corrected chi connectivity index (χ3v) is 3.53. The van der Waals surface area contributed by atoms with Crippen molar-refractivity contribution in [3.63, 3.8) is 0 Å². The number of nitrogens with zero attached hydrogens (tertiary/aromatic N) is 1. The van der Waals surface area contributed by atoms with Crippen LogP contribution in [0.4, 0.5) is 0 Å². The summed E-state index contributed by atoms with van der Waals surface area (Å²) < 4.78 is 0. The van der Waals surface area contributed by atoms with Crippen LogP contribution in [-0.4, -0.2) is 17.1 Å². The van der Waals surface area contributed by atoms with Crippen LogP contribution < -0.4 is 5.43 Å². The topological polar surface area (TPSA) is 57.2 Å². The van der Waals surface area contributed by atoms with Crippen LogP contribution in [0, 0.1) is 0 Å². The van der Waals surface area contributed by atoms with Crippen LogP contribution in [-0.2, 0) is 0 Å². The highest BCUT2D eigenvalue weighted by molar-refractivity contribution is 6.16. The van der Waals surface area contributed by atoms with Gasteiger partial charge in [-0.15, -0.1) is 0 Å². The summed E-state index contributed by atoms with van der Waals surface area (Å²) in [5.41, 5.74) is 7.12. The normalized spacial score (nSPS) is 13.3. The lowest BCUT2D eigenvalue weighted by atomic mass is 10.0. The summed E-state index contributed by atoms with van der Waals surface area (Å²) in [6.07, 6.45) is 1.70. The number of nitrogens with one attached hydrogen (secondary N) is 2. The maximum Gasteiger partial charge on any atom is 0.272 e. The molecular formula is C16H11N3O. The quantitative estimate of drug-likeness (QED) is 0.695. The Morgan fingerprint density at radius 2 is 1.80 bits per heavy atom. The molecule has 0 fully saturated rings. The van der Waals surface area contributed by atoms with E-state index in [4.69, 9.17) is 0 Å². The van der Waals surface area contributed by atoms with Crippen molar-refractivity contribution in [1.82, 2.24) is 10.4 Å². The van der Waals surface area contributed by atoms with Crippen molar-refractivity contribution in [3.05, 3.63) is 59.7 Å². The average Bonchev–Trinajstić information content (AvgIpc) is 2.78. The van der Waals surface area contributed by atoms with E-state index in [1.54, 1.807) is 6.21 Å². The van der Waals surface area contributed by atoms with Crippen LogP contribution in [0.25, 0.3) is 22.2 Å². The van der Waals surface area contributed by atoms with Crippen LogP contribution in [0.5, 0.6) is 0 Å². The van der Waals surface area contributed by atoms with Gasteiger partial charge in [-0.05, 0) is 17.7 Å². The molecule has 20 heavy (non-hydrogen) atoms. The molecule has 1 aromatic heterocycles. The zero-order valence-electron chi connectivity index (χ0n) is 10.6. The second kappa shape index (κ2) is 4.06. The second-order valence-electron chi connectivity index (χ2n) is 4.71. The Hall–Kier alpha value is -2.88. The molecule has 0 atom stereocenters. The van der Waals surface area contributed by atoms with E-state index in [1.807, 2.05) is 48.5 Å². The number of benzene rings is 2. The number of carbonyl (C=O) groups is 1. The Balaban J connectivity index is 2.11. The maximum absolute atomic E-state index is 12.0. The zero-order chi connectivity index (χ0) is 13.5. The van der Waals surface area contributed by atoms with Crippen LogP contribution in [0.2, 0.25) is 0 Å². The van der Waals surface area contributed by atoms with Gasteiger partial charge in [0.2, 0.25) is 0 Å². The molecule has 0 saturated carbocycles. The van der Waals surface area contributed by atoms with E-state index in [0.717, 1.165) is 27.7 Å². The standard InChI is InChI=1S/C16H11N3O/c20-16-11-7-4-8-13-14(11)12(9-17-19-16)15(18-13)10-5-2-1-3-6-10/h1-9,18H,(H,19,20). The first-order chi connectivity index (χ1) is 9.84. The Bertz CT molecular complexity index is 847. The van der Waals surface area contributed by atoms with Crippen molar-refractivity contribution in [2.24, 2.45) is 5.10 Å². The fourth-order valence-corrected chi connectivity index (χ4v) is 2.64. The molecule has 0 spiro atoms. The molecule has 2 N–H and O–H groups in total. The third kappa shape index (κ3) is 1.48. The number of H-pyrrole nitrogens is 1. The third-order valence-electron chi connectivity index (χ3n) is 3.53. The lowest BCUT2D eigenvalue weighted by Crippen LogP contribution is -2.16. The summed E-state index contributed by atoms with van der Waals surface area (Å²) in [5.74, 6) is -0.177. The summed E-state index contributed by atoms with van der Waals surface area (Å²) >= 11 is 0. The van der Waals surface area contributed by atoms with E-state index in [-0.39, 0.29) is 5.91 Å². The Morgan fingerprint density at radius 3 is 2.65 bits per heavy atom. The molecule has 4 rings (SSSR count). The van der Waals surface area contributed by atoms with Crippen molar-refractivity contribution < 1.29 is 4.79 Å². The summed E-state index contributed by atoms with van der Waals surface area (Å²) in [7, 11) is 0. The molecule has 1 aliphatic rings. The van der Waals surface area contributed by atoms with E-state index in [2.05, 4.69) is 15.5 Å². The average molecular weight is 261 g/mol. The predicted molar refractivity (Wildman–Crippen MR) is 78.8 cm³/mol. The molecule has 0 unspecified atom stereocenters. The number of amides is 1. The van der Waals surface area contributed by atoms with Gasteiger partial charge in [0.25, 0.3) is 5.91 Å². The molecule has 2 aromatic carbocycles. The Labute approximate surface area is 115 Å². The minimum Gasteiger partial charge on any atom is -0.354 e. The van der Waals surface area contributed by atoms with Crippen LogP contribution >= 0.6 is 0 Å². The van der Waals surface area contributed by atoms with Crippen molar-refractivity contribution >= 4 is 23.0 Å². The van der Waals surface area contributed by atoms with E-state index < -0.39 is 0 Å². The number of aromatic nitrogens is 1. The summed E-state index contributed by atoms with van der Waals surface area (Å²) in [6, 6.07) is 15.7. The highest BCUT2D eigenvalue weighted by Crippen LogP contribution is 2.32. The monoisotopic (exact) mass is 261 g/mol. The summed E-state index contributed by atoms with van der Waals surface area (Å²) in [6.45, 7) is 0. The van der Waals surface area contributed by atoms with Gasteiger partial charge in [-0.1, -0.05) is 36.4 Å². The predicted octanol–water partition coefficient (Wildman–Crippen LogP) is 2.91. The Morgan fingerprint density at radius 1 is 0.950 bits per heavy atom. The van der Waals surface area contributed by atoms with E-state index >= 15 is 0 Å². The smallest absolute Gasteiger partial charge is 0.272 e. The van der Waals surface area contributed by atoms with Gasteiger partial charge in [0, 0.05) is 16.5 Å². The lowest BCUT2D eigenvalue weighted by molar-refractivity contribution is 0.0957. The van der Waals surface area contributed by atoms with Gasteiger partial charge in [-0.3, -0.25) is 4.79 Å². The fraction of sp³-hybridized carbons (Fsp3) is 0. The Kier molecular flexibility index (Phi) is 2.23. The van der Waals surface area contributed by atoms with Gasteiger partial charge < -0.3 is 4.98 Å². The number of hydrazone groups is 1. The number of aromatic amines is 1. The molecule has 2 heterocycles. The van der Waals surface area contributed by atoms with Crippen molar-refractivity contribution in [2.45, 2.75) is 0 Å². The molecule has 4 nitrogen and oxygen atoms in total. The van der Waals surface area contributed by atoms with Gasteiger partial charge in [0.05, 0.1) is 17.5 Å². The minimum atomic E-state index is -0.177. The summed E-state index contributed by atoms with van der Waals surface area (Å²) in [4.78, 5) is 15.4. The summed E-state index contributed by atoms with van der Waals surface area (Å²) in [5, 5.41) is 4.93. The van der Waals surface area contributed by atoms with Gasteiger partial charge >= 0.3 is 0 Å². The van der Waals surface area contributed by atoms with Gasteiger partial charge in [0.15, 0.2) is 0 Å². The molecule has 3 aromatic rings. The molecule has 96 valence electrons. The largest absolute Gasteiger partial charge is 0.354 e. The van der Waals surface area contributed by atoms with E-state index in [1.165, 1.54) is 0 Å². The number of carbonyl (C=O) groups excluding carboxylic acids is 1. The lowest BCUT2D eigenvalue weighted by Gasteiger charge is -1.99. The SMILES string of the molecule is O=C1NN=Cc2c(-c3ccccc3)[nH]c3cccc1c23. The van der Waals surface area contributed by atoms with Gasteiger partial charge in [0.1, 0.15) is 0 Å². The fourth-order valence-electron chi connectivity index (χ4n) is 2.64. The molecule has 1 aliphatic heterocycles. The first-order valence-corrected chi connectivity index (χ1v) is 6.38. The van der Waals surface area contributed by atoms with Crippen molar-refractivity contribution in [1.29, 1.82) is 0 Å². The minimum absolute atomic E-state index is 0.177. The molecule has 1 amide bonds. The van der Waals surface area contributed by atoms with Crippen LogP contribution in [0.15, 0.2) is 53.6 Å². The highest BCUT2D eigenvalue weighted by atomic mass is 16.2. The van der Waals surface area contributed by atoms with Crippen LogP contribution in [0.3, 0.4) is 0 Å². The molecule has 0 aliphatic carbocycles. The van der Waals surface area contributed by atoms with Crippen LogP contribution in [0.1, 0.15) is 15.9 Å². The zero-order valence-corrected chi connectivity index (χ0v) is 10.6. The number of rotatable bonds is 1. The van der Waals surface area contributed by atoms with E-state index in [0.29, 0.717) is 5.56 Å². The molecule has 4 heteroatoms. The number of hydrogen-bond acceptors (Lipinski definition) is 2. The highest BCUT2D eigenvalue weighted by Gasteiger charge is 2.20.